The average Bonchev–Trinajstić information content (AvgIpc) is 2.48. The predicted molar refractivity (Wildman–Crippen MR) is 86.7 cm³/mol. The number of methoxy groups -OCH3 is 2. The Hall–Kier alpha value is -2.02. The van der Waals surface area contributed by atoms with E-state index in [1.807, 2.05) is 25.1 Å². The predicted octanol–water partition coefficient (Wildman–Crippen LogP) is 3.43. The van der Waals surface area contributed by atoms with Crippen LogP contribution in [0.1, 0.15) is 6.92 Å². The van der Waals surface area contributed by atoms with Crippen molar-refractivity contribution in [1.29, 1.82) is 0 Å². The maximum absolute atomic E-state index is 5.40. The molecule has 0 fully saturated rings. The normalized spacial score (nSPS) is 10.1. The van der Waals surface area contributed by atoms with Crippen molar-refractivity contribution in [3.63, 3.8) is 0 Å². The molecule has 0 aliphatic heterocycles. The minimum Gasteiger partial charge on any atom is -0.495 e. The molecule has 6 nitrogen and oxygen atoms in total. The van der Waals surface area contributed by atoms with Crippen molar-refractivity contribution in [3.8, 4) is 11.5 Å². The Morgan fingerprint density at radius 1 is 1.14 bits per heavy atom. The van der Waals surface area contributed by atoms with Gasteiger partial charge in [-0.15, -0.1) is 0 Å². The van der Waals surface area contributed by atoms with Gasteiger partial charge in [-0.2, -0.15) is 0 Å². The van der Waals surface area contributed by atoms with Crippen LogP contribution in [0.3, 0.4) is 0 Å². The number of ether oxygens (including phenoxy) is 2. The summed E-state index contributed by atoms with van der Waals surface area (Å²) in [6.07, 6.45) is 1.48. The van der Waals surface area contributed by atoms with E-state index in [4.69, 9.17) is 9.47 Å². The third-order valence-electron chi connectivity index (χ3n) is 2.77. The second-order valence-corrected chi connectivity index (χ2v) is 5.02. The van der Waals surface area contributed by atoms with Crippen molar-refractivity contribution in [1.82, 2.24) is 9.97 Å². The summed E-state index contributed by atoms with van der Waals surface area (Å²) < 4.78 is 11.7. The highest BCUT2D eigenvalue weighted by molar-refractivity contribution is 9.10. The van der Waals surface area contributed by atoms with E-state index in [9.17, 15) is 0 Å². The highest BCUT2D eigenvalue weighted by Gasteiger charge is 2.13. The first kappa shape index (κ1) is 15.4. The van der Waals surface area contributed by atoms with Crippen LogP contribution in [0.5, 0.6) is 11.5 Å². The number of anilines is 3. The summed E-state index contributed by atoms with van der Waals surface area (Å²) in [5, 5.41) is 6.35. The fourth-order valence-electron chi connectivity index (χ4n) is 1.85. The van der Waals surface area contributed by atoms with Gasteiger partial charge >= 0.3 is 0 Å². The van der Waals surface area contributed by atoms with Gasteiger partial charge in [0.25, 0.3) is 0 Å². The zero-order chi connectivity index (χ0) is 15.2. The van der Waals surface area contributed by atoms with E-state index in [0.29, 0.717) is 23.1 Å². The molecule has 1 aromatic heterocycles. The number of hydrogen-bond acceptors (Lipinski definition) is 6. The van der Waals surface area contributed by atoms with Crippen LogP contribution < -0.4 is 20.1 Å². The third-order valence-corrected chi connectivity index (χ3v) is 3.26. The van der Waals surface area contributed by atoms with Crippen molar-refractivity contribution < 1.29 is 9.47 Å². The van der Waals surface area contributed by atoms with Gasteiger partial charge in [-0.25, -0.2) is 9.97 Å². The minimum atomic E-state index is 0.557. The molecule has 2 rings (SSSR count). The van der Waals surface area contributed by atoms with Crippen molar-refractivity contribution in [2.24, 2.45) is 0 Å². The standard InChI is InChI=1S/C14H17BrN4O2/c1-4-16-13-12(21-3)14(18-8-17-13)19-10-7-9(15)5-6-11(10)20-2/h5-8H,4H2,1-3H3,(H2,16,17,18,19). The number of nitrogens with zero attached hydrogens (tertiary/aromatic N) is 2. The summed E-state index contributed by atoms with van der Waals surface area (Å²) in [5.74, 6) is 2.48. The second-order valence-electron chi connectivity index (χ2n) is 4.10. The summed E-state index contributed by atoms with van der Waals surface area (Å²) in [6.45, 7) is 2.74. The lowest BCUT2D eigenvalue weighted by molar-refractivity contribution is 0.413. The highest BCUT2D eigenvalue weighted by Crippen LogP contribution is 2.35. The number of nitrogens with one attached hydrogen (secondary N) is 2. The van der Waals surface area contributed by atoms with Crippen molar-refractivity contribution in [2.75, 3.05) is 31.4 Å². The van der Waals surface area contributed by atoms with Crippen LogP contribution in [0.15, 0.2) is 29.0 Å². The van der Waals surface area contributed by atoms with Gasteiger partial charge in [0.1, 0.15) is 12.1 Å². The van der Waals surface area contributed by atoms with E-state index >= 15 is 0 Å². The van der Waals surface area contributed by atoms with Crippen LogP contribution in [0.25, 0.3) is 0 Å². The fourth-order valence-corrected chi connectivity index (χ4v) is 2.22. The topological polar surface area (TPSA) is 68.3 Å². The van der Waals surface area contributed by atoms with Gasteiger partial charge in [0.2, 0.25) is 5.75 Å². The largest absolute Gasteiger partial charge is 0.495 e. The Morgan fingerprint density at radius 3 is 2.57 bits per heavy atom. The quantitative estimate of drug-likeness (QED) is 0.829. The molecule has 0 saturated carbocycles. The number of aromatic nitrogens is 2. The van der Waals surface area contributed by atoms with E-state index < -0.39 is 0 Å². The Bertz CT molecular complexity index is 622. The molecule has 0 atom stereocenters. The van der Waals surface area contributed by atoms with Crippen LogP contribution in [0.4, 0.5) is 17.3 Å². The smallest absolute Gasteiger partial charge is 0.204 e. The first-order valence-corrected chi connectivity index (χ1v) is 7.22. The molecule has 0 spiro atoms. The monoisotopic (exact) mass is 352 g/mol. The molecular weight excluding hydrogens is 336 g/mol. The molecule has 2 N–H and O–H groups in total. The highest BCUT2D eigenvalue weighted by atomic mass is 79.9. The molecule has 0 bridgehead atoms. The van der Waals surface area contributed by atoms with Gasteiger partial charge in [0.05, 0.1) is 19.9 Å². The van der Waals surface area contributed by atoms with Crippen molar-refractivity contribution >= 4 is 33.3 Å². The first-order chi connectivity index (χ1) is 10.2. The third kappa shape index (κ3) is 3.55. The van der Waals surface area contributed by atoms with Crippen molar-refractivity contribution in [2.45, 2.75) is 6.92 Å². The van der Waals surface area contributed by atoms with Gasteiger partial charge < -0.3 is 20.1 Å². The molecule has 1 heterocycles. The fraction of sp³-hybridized carbons (Fsp3) is 0.286. The lowest BCUT2D eigenvalue weighted by Gasteiger charge is -2.15. The molecule has 7 heteroatoms. The van der Waals surface area contributed by atoms with Crippen molar-refractivity contribution in [3.05, 3.63) is 29.0 Å². The molecule has 112 valence electrons. The van der Waals surface area contributed by atoms with Crippen LogP contribution in [-0.4, -0.2) is 30.7 Å². The van der Waals surface area contributed by atoms with E-state index in [0.717, 1.165) is 16.7 Å². The molecule has 0 unspecified atom stereocenters. The molecule has 0 aliphatic rings. The van der Waals surface area contributed by atoms with Crippen LogP contribution >= 0.6 is 15.9 Å². The SMILES string of the molecule is CCNc1ncnc(Nc2cc(Br)ccc2OC)c1OC. The molecule has 21 heavy (non-hydrogen) atoms. The molecular formula is C14H17BrN4O2. The number of halogens is 1. The zero-order valence-electron chi connectivity index (χ0n) is 12.1. The Morgan fingerprint density at radius 2 is 1.90 bits per heavy atom. The van der Waals surface area contributed by atoms with Gasteiger partial charge in [-0.05, 0) is 25.1 Å². The molecule has 0 saturated heterocycles. The first-order valence-electron chi connectivity index (χ1n) is 6.43. The molecule has 1 aromatic carbocycles. The van der Waals surface area contributed by atoms with Crippen LogP contribution in [0, 0.1) is 0 Å². The van der Waals surface area contributed by atoms with E-state index in [1.165, 1.54) is 6.33 Å². The van der Waals surface area contributed by atoms with Gasteiger partial charge in [-0.3, -0.25) is 0 Å². The maximum Gasteiger partial charge on any atom is 0.204 e. The average molecular weight is 353 g/mol. The van der Waals surface area contributed by atoms with Crippen LogP contribution in [0.2, 0.25) is 0 Å². The lowest BCUT2D eigenvalue weighted by Crippen LogP contribution is -2.06. The van der Waals surface area contributed by atoms with E-state index in [1.54, 1.807) is 14.2 Å². The molecule has 0 aliphatic carbocycles. The summed E-state index contributed by atoms with van der Waals surface area (Å²) in [4.78, 5) is 8.41. The summed E-state index contributed by atoms with van der Waals surface area (Å²) in [7, 11) is 3.21. The number of benzene rings is 1. The zero-order valence-corrected chi connectivity index (χ0v) is 13.7. The van der Waals surface area contributed by atoms with Gasteiger partial charge in [0, 0.05) is 11.0 Å². The number of rotatable bonds is 6. The second kappa shape index (κ2) is 7.12. The van der Waals surface area contributed by atoms with Gasteiger partial charge in [-0.1, -0.05) is 15.9 Å². The molecule has 0 amide bonds. The maximum atomic E-state index is 5.40. The molecule has 0 radical (unpaired) electrons. The van der Waals surface area contributed by atoms with Crippen LogP contribution in [-0.2, 0) is 0 Å². The van der Waals surface area contributed by atoms with Gasteiger partial charge in [0.15, 0.2) is 11.6 Å². The summed E-state index contributed by atoms with van der Waals surface area (Å²) in [6, 6.07) is 5.68. The molecule has 2 aromatic rings. The van der Waals surface area contributed by atoms with E-state index in [-0.39, 0.29) is 0 Å². The Balaban J connectivity index is 2.39. The van der Waals surface area contributed by atoms with E-state index in [2.05, 4.69) is 36.5 Å². The Labute approximate surface area is 132 Å². The number of hydrogen-bond donors (Lipinski definition) is 2. The summed E-state index contributed by atoms with van der Waals surface area (Å²) >= 11 is 3.44. The lowest BCUT2D eigenvalue weighted by atomic mass is 10.3. The summed E-state index contributed by atoms with van der Waals surface area (Å²) in [5.41, 5.74) is 0.784. The Kier molecular flexibility index (Phi) is 5.21. The minimum absolute atomic E-state index is 0.557.